The zero-order valence-electron chi connectivity index (χ0n) is 14.5. The summed E-state index contributed by atoms with van der Waals surface area (Å²) in [5, 5.41) is 6.57. The Balaban J connectivity index is 1.66. The molecule has 0 aliphatic rings. The molecule has 2 amide bonds. The molecule has 0 bridgehead atoms. The van der Waals surface area contributed by atoms with Crippen LogP contribution >= 0.6 is 11.6 Å². The molecular weight excluding hydrogens is 348 g/mol. The Morgan fingerprint density at radius 2 is 1.88 bits per heavy atom. The van der Waals surface area contributed by atoms with Gasteiger partial charge in [0.05, 0.1) is 0 Å². The topological polar surface area (TPSA) is 59.0 Å². The molecule has 0 saturated heterocycles. The highest BCUT2D eigenvalue weighted by Gasteiger charge is 2.20. The zero-order valence-corrected chi connectivity index (χ0v) is 15.3. The molecule has 0 fully saturated rings. The van der Waals surface area contributed by atoms with Crippen LogP contribution in [0, 0.1) is 0 Å². The summed E-state index contributed by atoms with van der Waals surface area (Å²) in [6.07, 6.45) is 4.35. The molecule has 0 spiro atoms. The highest BCUT2D eigenvalue weighted by molar-refractivity contribution is 6.30. The third-order valence-corrected chi connectivity index (χ3v) is 4.39. The summed E-state index contributed by atoms with van der Waals surface area (Å²) < 4.78 is 1.89. The Morgan fingerprint density at radius 3 is 2.54 bits per heavy atom. The number of halogens is 1. The lowest BCUT2D eigenvalue weighted by molar-refractivity contribution is 0.238. The van der Waals surface area contributed by atoms with Crippen molar-refractivity contribution >= 4 is 17.6 Å². The first kappa shape index (κ1) is 18.0. The van der Waals surface area contributed by atoms with Crippen molar-refractivity contribution in [2.24, 2.45) is 7.05 Å². The molecule has 0 aliphatic carbocycles. The van der Waals surface area contributed by atoms with E-state index in [1.165, 1.54) is 5.56 Å². The molecule has 0 aliphatic heterocycles. The maximum Gasteiger partial charge on any atom is 0.315 e. The van der Waals surface area contributed by atoms with E-state index in [2.05, 4.69) is 15.6 Å². The van der Waals surface area contributed by atoms with Crippen LogP contribution in [0.4, 0.5) is 4.79 Å². The number of aromatic nitrogens is 2. The Bertz CT molecular complexity index is 846. The van der Waals surface area contributed by atoms with Crippen LogP contribution < -0.4 is 10.6 Å². The number of imidazole rings is 1. The maximum atomic E-state index is 12.4. The fraction of sp³-hybridized carbons (Fsp3) is 0.200. The van der Waals surface area contributed by atoms with Crippen LogP contribution in [-0.4, -0.2) is 22.1 Å². The molecule has 2 aromatic carbocycles. The van der Waals surface area contributed by atoms with Crippen molar-refractivity contribution in [3.05, 3.63) is 89.0 Å². The molecule has 5 nitrogen and oxygen atoms in total. The molecule has 2 N–H and O–H groups in total. The normalized spacial score (nSPS) is 11.8. The van der Waals surface area contributed by atoms with Gasteiger partial charge in [-0.3, -0.25) is 0 Å². The van der Waals surface area contributed by atoms with E-state index < -0.39 is 0 Å². The Morgan fingerprint density at radius 1 is 1.15 bits per heavy atom. The Labute approximate surface area is 158 Å². The summed E-state index contributed by atoms with van der Waals surface area (Å²) in [6.45, 7) is 0.559. The number of nitrogens with zero attached hydrogens (tertiary/aromatic N) is 2. The fourth-order valence-electron chi connectivity index (χ4n) is 2.75. The number of benzene rings is 2. The van der Waals surface area contributed by atoms with E-state index >= 15 is 0 Å². The average Bonchev–Trinajstić information content (AvgIpc) is 3.07. The molecule has 3 aromatic rings. The number of carbonyl (C=O) groups is 1. The van der Waals surface area contributed by atoms with E-state index in [9.17, 15) is 4.79 Å². The second-order valence-electron chi connectivity index (χ2n) is 6.02. The van der Waals surface area contributed by atoms with Gasteiger partial charge in [-0.25, -0.2) is 9.78 Å². The molecule has 1 aromatic heterocycles. The van der Waals surface area contributed by atoms with Gasteiger partial charge in [-0.15, -0.1) is 0 Å². The second-order valence-corrected chi connectivity index (χ2v) is 6.45. The van der Waals surface area contributed by atoms with Gasteiger partial charge in [-0.05, 0) is 29.7 Å². The van der Waals surface area contributed by atoms with Gasteiger partial charge in [-0.1, -0.05) is 54.1 Å². The summed E-state index contributed by atoms with van der Waals surface area (Å²) in [6, 6.07) is 16.9. The number of aryl methyl sites for hydroxylation is 1. The van der Waals surface area contributed by atoms with Gasteiger partial charge in [0.1, 0.15) is 11.9 Å². The predicted octanol–water partition coefficient (Wildman–Crippen LogP) is 3.70. The highest BCUT2D eigenvalue weighted by Crippen LogP contribution is 2.22. The monoisotopic (exact) mass is 368 g/mol. The van der Waals surface area contributed by atoms with Gasteiger partial charge < -0.3 is 15.2 Å². The smallest absolute Gasteiger partial charge is 0.315 e. The molecule has 0 saturated carbocycles. The van der Waals surface area contributed by atoms with Crippen molar-refractivity contribution in [1.29, 1.82) is 0 Å². The molecule has 26 heavy (non-hydrogen) atoms. The summed E-state index contributed by atoms with van der Waals surface area (Å²) >= 11 is 5.98. The third kappa shape index (κ3) is 4.64. The van der Waals surface area contributed by atoms with Crippen LogP contribution in [-0.2, 0) is 13.5 Å². The minimum absolute atomic E-state index is 0.233. The van der Waals surface area contributed by atoms with Crippen molar-refractivity contribution in [1.82, 2.24) is 20.2 Å². The third-order valence-electron chi connectivity index (χ3n) is 4.14. The number of rotatable bonds is 6. The number of hydrogen-bond donors (Lipinski definition) is 2. The van der Waals surface area contributed by atoms with Crippen LogP contribution in [0.1, 0.15) is 23.0 Å². The van der Waals surface area contributed by atoms with Crippen molar-refractivity contribution in [2.75, 3.05) is 6.54 Å². The molecule has 6 heteroatoms. The highest BCUT2D eigenvalue weighted by atomic mass is 35.5. The van der Waals surface area contributed by atoms with Gasteiger partial charge in [0.25, 0.3) is 0 Å². The number of nitrogens with one attached hydrogen (secondary N) is 2. The SMILES string of the molecule is Cn1ccnc1[C@H](NC(=O)NCCc1ccccc1)c1ccc(Cl)cc1. The Hall–Kier alpha value is -2.79. The molecule has 1 heterocycles. The Kier molecular flexibility index (Phi) is 5.92. The van der Waals surface area contributed by atoms with Gasteiger partial charge in [0.2, 0.25) is 0 Å². The predicted molar refractivity (Wildman–Crippen MR) is 103 cm³/mol. The molecular formula is C20H21ClN4O. The molecule has 1 atom stereocenters. The number of amides is 2. The lowest BCUT2D eigenvalue weighted by Crippen LogP contribution is -2.40. The van der Waals surface area contributed by atoms with Gasteiger partial charge in [-0.2, -0.15) is 0 Å². The maximum absolute atomic E-state index is 12.4. The van der Waals surface area contributed by atoms with Crippen LogP contribution in [0.2, 0.25) is 5.02 Å². The van der Waals surface area contributed by atoms with Crippen molar-refractivity contribution in [2.45, 2.75) is 12.5 Å². The minimum atomic E-state index is -0.357. The van der Waals surface area contributed by atoms with Crippen LogP contribution in [0.15, 0.2) is 67.0 Å². The quantitative estimate of drug-likeness (QED) is 0.696. The van der Waals surface area contributed by atoms with E-state index in [1.807, 2.05) is 72.4 Å². The lowest BCUT2D eigenvalue weighted by Gasteiger charge is -2.19. The number of carbonyl (C=O) groups excluding carboxylic acids is 1. The minimum Gasteiger partial charge on any atom is -0.338 e. The summed E-state index contributed by atoms with van der Waals surface area (Å²) in [5.74, 6) is 0.755. The van der Waals surface area contributed by atoms with E-state index in [1.54, 1.807) is 6.20 Å². The van der Waals surface area contributed by atoms with E-state index in [0.29, 0.717) is 11.6 Å². The summed E-state index contributed by atoms with van der Waals surface area (Å²) in [7, 11) is 1.90. The standard InChI is InChI=1S/C20H21ClN4O/c1-25-14-13-22-19(25)18(16-7-9-17(21)10-8-16)24-20(26)23-12-11-15-5-3-2-4-6-15/h2-10,13-14,18H,11-12H2,1H3,(H2,23,24,26)/t18-/m1/s1. The first-order chi connectivity index (χ1) is 12.6. The lowest BCUT2D eigenvalue weighted by atomic mass is 10.1. The van der Waals surface area contributed by atoms with Crippen molar-refractivity contribution in [3.63, 3.8) is 0 Å². The first-order valence-electron chi connectivity index (χ1n) is 8.44. The molecule has 134 valence electrons. The van der Waals surface area contributed by atoms with Gasteiger partial charge >= 0.3 is 6.03 Å². The number of hydrogen-bond acceptors (Lipinski definition) is 2. The van der Waals surface area contributed by atoms with Gasteiger partial charge in [0.15, 0.2) is 0 Å². The summed E-state index contributed by atoms with van der Waals surface area (Å²) in [5.41, 5.74) is 2.10. The zero-order chi connectivity index (χ0) is 18.4. The second kappa shape index (κ2) is 8.54. The fourth-order valence-corrected chi connectivity index (χ4v) is 2.88. The van der Waals surface area contributed by atoms with E-state index in [4.69, 9.17) is 11.6 Å². The van der Waals surface area contributed by atoms with Gasteiger partial charge in [0, 0.05) is 31.0 Å². The first-order valence-corrected chi connectivity index (χ1v) is 8.82. The average molecular weight is 369 g/mol. The molecule has 0 radical (unpaired) electrons. The summed E-state index contributed by atoms with van der Waals surface area (Å²) in [4.78, 5) is 16.8. The molecule has 0 unspecified atom stereocenters. The van der Waals surface area contributed by atoms with Crippen LogP contribution in [0.25, 0.3) is 0 Å². The van der Waals surface area contributed by atoms with Crippen molar-refractivity contribution < 1.29 is 4.79 Å². The number of urea groups is 1. The largest absolute Gasteiger partial charge is 0.338 e. The van der Waals surface area contributed by atoms with Crippen molar-refractivity contribution in [3.8, 4) is 0 Å². The van der Waals surface area contributed by atoms with Crippen LogP contribution in [0.5, 0.6) is 0 Å². The van der Waals surface area contributed by atoms with E-state index in [0.717, 1.165) is 17.8 Å². The van der Waals surface area contributed by atoms with E-state index in [-0.39, 0.29) is 12.1 Å². The van der Waals surface area contributed by atoms with Crippen LogP contribution in [0.3, 0.4) is 0 Å². The molecule has 3 rings (SSSR count).